The van der Waals surface area contributed by atoms with Crippen LogP contribution in [-0.2, 0) is 0 Å². The third kappa shape index (κ3) is 5.08. The summed E-state index contributed by atoms with van der Waals surface area (Å²) < 4.78 is 13.9. The maximum absolute atomic E-state index is 13.9. The van der Waals surface area contributed by atoms with Gasteiger partial charge in [0.2, 0.25) is 5.95 Å². The van der Waals surface area contributed by atoms with E-state index >= 15 is 0 Å². The molecule has 0 spiro atoms. The molecule has 0 aliphatic carbocycles. The fourth-order valence-electron chi connectivity index (χ4n) is 3.51. The second-order valence-electron chi connectivity index (χ2n) is 7.83. The molecule has 4 N–H and O–H groups in total. The van der Waals surface area contributed by atoms with E-state index in [1.54, 1.807) is 61.8 Å². The number of benzene rings is 2. The fraction of sp³-hybridized carbons (Fsp3) is 0.160. The van der Waals surface area contributed by atoms with Gasteiger partial charge in [-0.3, -0.25) is 4.79 Å². The third-order valence-electron chi connectivity index (χ3n) is 5.43. The topological polar surface area (TPSA) is 103 Å². The number of carbonyl (C=O) groups excluding carboxylic acids is 1. The average molecular weight is 480 g/mol. The van der Waals surface area contributed by atoms with Gasteiger partial charge < -0.3 is 20.7 Å². The summed E-state index contributed by atoms with van der Waals surface area (Å²) in [5.41, 5.74) is 4.16. The van der Waals surface area contributed by atoms with Gasteiger partial charge in [0.15, 0.2) is 0 Å². The van der Waals surface area contributed by atoms with Gasteiger partial charge in [-0.15, -0.1) is 0 Å². The van der Waals surface area contributed by atoms with E-state index in [9.17, 15) is 14.3 Å². The average Bonchev–Trinajstić information content (AvgIpc) is 3.32. The van der Waals surface area contributed by atoms with Crippen molar-refractivity contribution in [3.05, 3.63) is 94.1 Å². The summed E-state index contributed by atoms with van der Waals surface area (Å²) in [4.78, 5) is 24.6. The first-order valence-corrected chi connectivity index (χ1v) is 10.9. The molecule has 0 radical (unpaired) electrons. The van der Waals surface area contributed by atoms with Crippen LogP contribution in [0, 0.1) is 19.7 Å². The van der Waals surface area contributed by atoms with Crippen LogP contribution < -0.4 is 10.6 Å². The number of aromatic nitrogens is 3. The summed E-state index contributed by atoms with van der Waals surface area (Å²) in [6.07, 6.45) is 3.34. The van der Waals surface area contributed by atoms with Gasteiger partial charge in [-0.25, -0.2) is 14.4 Å². The number of aryl methyl sites for hydroxylation is 1. The van der Waals surface area contributed by atoms with E-state index < -0.39 is 6.04 Å². The molecule has 0 saturated carbocycles. The number of hydrogen-bond donors (Lipinski definition) is 4. The summed E-state index contributed by atoms with van der Waals surface area (Å²) in [6, 6.07) is 12.8. The highest BCUT2D eigenvalue weighted by Crippen LogP contribution is 2.26. The summed E-state index contributed by atoms with van der Waals surface area (Å²) >= 11 is 6.03. The number of hydrogen-bond acceptors (Lipinski definition) is 5. The second kappa shape index (κ2) is 10.0. The van der Waals surface area contributed by atoms with E-state index in [0.29, 0.717) is 44.7 Å². The van der Waals surface area contributed by atoms with Crippen molar-refractivity contribution in [2.24, 2.45) is 0 Å². The summed E-state index contributed by atoms with van der Waals surface area (Å²) in [6.45, 7) is 3.26. The molecule has 0 bridgehead atoms. The Balaban J connectivity index is 1.54. The van der Waals surface area contributed by atoms with Crippen molar-refractivity contribution in [1.29, 1.82) is 0 Å². The molecule has 2 heterocycles. The van der Waals surface area contributed by atoms with Crippen LogP contribution in [0.25, 0.3) is 11.3 Å². The molecule has 0 unspecified atom stereocenters. The number of H-pyrrole nitrogens is 1. The number of aromatic amines is 1. The van der Waals surface area contributed by atoms with Crippen LogP contribution >= 0.6 is 11.6 Å². The van der Waals surface area contributed by atoms with Crippen LogP contribution in [0.3, 0.4) is 0 Å². The highest BCUT2D eigenvalue weighted by Gasteiger charge is 2.18. The van der Waals surface area contributed by atoms with E-state index in [1.165, 1.54) is 6.07 Å². The monoisotopic (exact) mass is 479 g/mol. The van der Waals surface area contributed by atoms with Gasteiger partial charge >= 0.3 is 0 Å². The molecule has 2 aromatic heterocycles. The number of nitrogens with zero attached hydrogens (tertiary/aromatic N) is 2. The lowest BCUT2D eigenvalue weighted by Gasteiger charge is -2.16. The largest absolute Gasteiger partial charge is 0.394 e. The van der Waals surface area contributed by atoms with Gasteiger partial charge in [-0.2, -0.15) is 0 Å². The van der Waals surface area contributed by atoms with Crippen LogP contribution in [0.4, 0.5) is 16.0 Å². The highest BCUT2D eigenvalue weighted by molar-refractivity contribution is 6.30. The maximum Gasteiger partial charge on any atom is 0.268 e. The van der Waals surface area contributed by atoms with Crippen molar-refractivity contribution in [2.75, 3.05) is 11.9 Å². The van der Waals surface area contributed by atoms with E-state index in [0.717, 1.165) is 5.56 Å². The van der Waals surface area contributed by atoms with Gasteiger partial charge in [0.1, 0.15) is 11.5 Å². The number of nitrogens with one attached hydrogen (secondary N) is 3. The Bertz CT molecular complexity index is 1340. The van der Waals surface area contributed by atoms with E-state index in [2.05, 4.69) is 25.6 Å². The third-order valence-corrected chi connectivity index (χ3v) is 5.66. The standard InChI is InChI=1S/C25H23ClFN5O2/c1-14-11-29-25(31-20-8-4-7-19(27)15(20)2)32-23(14)17-10-21(28-12-17)24(34)30-22(13-33)16-5-3-6-18(26)9-16/h3-12,22,28,33H,13H2,1-2H3,(H,30,34)(H,29,31,32)/t22-/m1/s1. The van der Waals surface area contributed by atoms with Crippen LogP contribution in [0.2, 0.25) is 5.02 Å². The summed E-state index contributed by atoms with van der Waals surface area (Å²) in [7, 11) is 0. The van der Waals surface area contributed by atoms with Crippen LogP contribution in [0.5, 0.6) is 0 Å². The van der Waals surface area contributed by atoms with Crippen molar-refractivity contribution in [3.8, 4) is 11.3 Å². The van der Waals surface area contributed by atoms with Crippen molar-refractivity contribution in [3.63, 3.8) is 0 Å². The van der Waals surface area contributed by atoms with E-state index in [4.69, 9.17) is 11.6 Å². The molecule has 0 fully saturated rings. The van der Waals surface area contributed by atoms with E-state index in [1.807, 2.05) is 6.92 Å². The highest BCUT2D eigenvalue weighted by atomic mass is 35.5. The lowest BCUT2D eigenvalue weighted by molar-refractivity contribution is 0.0911. The summed E-state index contributed by atoms with van der Waals surface area (Å²) in [5.74, 6) is -0.397. The Labute approximate surface area is 201 Å². The molecule has 1 atom stereocenters. The molecule has 4 rings (SSSR count). The van der Waals surface area contributed by atoms with E-state index in [-0.39, 0.29) is 18.3 Å². The minimum Gasteiger partial charge on any atom is -0.394 e. The number of anilines is 2. The second-order valence-corrected chi connectivity index (χ2v) is 8.26. The first-order valence-electron chi connectivity index (χ1n) is 10.6. The zero-order valence-corrected chi connectivity index (χ0v) is 19.3. The zero-order valence-electron chi connectivity index (χ0n) is 18.6. The lowest BCUT2D eigenvalue weighted by Crippen LogP contribution is -2.31. The number of aliphatic hydroxyl groups excluding tert-OH is 1. The number of aliphatic hydroxyl groups is 1. The Morgan fingerprint density at radius 2 is 2.00 bits per heavy atom. The summed E-state index contributed by atoms with van der Waals surface area (Å²) in [5, 5.41) is 16.1. The Kier molecular flexibility index (Phi) is 6.90. The Morgan fingerprint density at radius 1 is 1.21 bits per heavy atom. The van der Waals surface area contributed by atoms with Gasteiger partial charge in [0, 0.05) is 34.2 Å². The molecule has 7 nitrogen and oxygen atoms in total. The number of carbonyl (C=O) groups is 1. The first-order chi connectivity index (χ1) is 16.4. The Morgan fingerprint density at radius 3 is 2.76 bits per heavy atom. The molecular weight excluding hydrogens is 457 g/mol. The predicted octanol–water partition coefficient (Wildman–Crippen LogP) is 5.09. The van der Waals surface area contributed by atoms with Crippen molar-refractivity contribution >= 4 is 29.1 Å². The minimum absolute atomic E-state index is 0.279. The van der Waals surface area contributed by atoms with Crippen molar-refractivity contribution in [1.82, 2.24) is 20.3 Å². The molecule has 0 aliphatic heterocycles. The Hall–Kier alpha value is -3.75. The van der Waals surface area contributed by atoms with Crippen molar-refractivity contribution in [2.45, 2.75) is 19.9 Å². The van der Waals surface area contributed by atoms with Crippen LogP contribution in [-0.4, -0.2) is 32.6 Å². The molecule has 34 heavy (non-hydrogen) atoms. The van der Waals surface area contributed by atoms with Crippen molar-refractivity contribution < 1.29 is 14.3 Å². The smallest absolute Gasteiger partial charge is 0.268 e. The van der Waals surface area contributed by atoms with Gasteiger partial charge in [0.25, 0.3) is 5.91 Å². The van der Waals surface area contributed by atoms with Gasteiger partial charge in [0.05, 0.1) is 18.3 Å². The number of rotatable bonds is 7. The lowest BCUT2D eigenvalue weighted by atomic mass is 10.1. The van der Waals surface area contributed by atoms with Gasteiger partial charge in [-0.05, 0) is 55.3 Å². The molecule has 9 heteroatoms. The van der Waals surface area contributed by atoms with Gasteiger partial charge in [-0.1, -0.05) is 29.8 Å². The first kappa shape index (κ1) is 23.4. The molecule has 1 amide bonds. The maximum atomic E-state index is 13.9. The molecule has 4 aromatic rings. The molecule has 0 aliphatic rings. The normalized spacial score (nSPS) is 11.8. The number of halogens is 2. The fourth-order valence-corrected chi connectivity index (χ4v) is 3.71. The quantitative estimate of drug-likeness (QED) is 0.296. The molecule has 0 saturated heterocycles. The van der Waals surface area contributed by atoms with Crippen LogP contribution in [0.1, 0.15) is 33.2 Å². The minimum atomic E-state index is -0.607. The molecule has 174 valence electrons. The predicted molar refractivity (Wildman–Crippen MR) is 130 cm³/mol. The molecular formula is C25H23ClFN5O2. The zero-order chi connectivity index (χ0) is 24.2. The van der Waals surface area contributed by atoms with Crippen LogP contribution in [0.15, 0.2) is 60.9 Å². The number of amides is 1. The molecule has 2 aromatic carbocycles. The SMILES string of the molecule is Cc1cnc(Nc2cccc(F)c2C)nc1-c1c[nH]c(C(=O)N[C@H](CO)c2cccc(Cl)c2)c1.